The van der Waals surface area contributed by atoms with Crippen LogP contribution in [0.2, 0.25) is 0 Å². The monoisotopic (exact) mass is 374 g/mol. The number of nitrogens with one attached hydrogen (secondary N) is 1. The summed E-state index contributed by atoms with van der Waals surface area (Å²) in [5.74, 6) is 0.0422. The third-order valence-corrected chi connectivity index (χ3v) is 5.96. The molecule has 0 unspecified atom stereocenters. The third-order valence-electron chi connectivity index (χ3n) is 5.01. The van der Waals surface area contributed by atoms with E-state index in [1.807, 2.05) is 5.41 Å². The number of hydrogen-bond donors (Lipinski definition) is 1. The molecule has 1 aromatic rings. The number of thioether (sulfide) groups is 1. The van der Waals surface area contributed by atoms with Crippen LogP contribution in [0.4, 0.5) is 0 Å². The summed E-state index contributed by atoms with van der Waals surface area (Å²) in [5, 5.41) is 10.7. The highest BCUT2D eigenvalue weighted by Crippen LogP contribution is 2.30. The molecule has 0 fully saturated rings. The van der Waals surface area contributed by atoms with Gasteiger partial charge in [-0.2, -0.15) is 5.10 Å². The summed E-state index contributed by atoms with van der Waals surface area (Å²) in [5.41, 5.74) is 3.26. The molecule has 0 saturated heterocycles. The average molecular weight is 375 g/mol. The molecule has 0 spiro atoms. The fourth-order valence-corrected chi connectivity index (χ4v) is 4.52. The van der Waals surface area contributed by atoms with Crippen LogP contribution in [0.1, 0.15) is 37.6 Å². The van der Waals surface area contributed by atoms with E-state index in [1.54, 1.807) is 11.8 Å². The normalized spacial score (nSPS) is 19.2. The van der Waals surface area contributed by atoms with Crippen molar-refractivity contribution in [1.82, 2.24) is 24.9 Å². The van der Waals surface area contributed by atoms with E-state index in [2.05, 4.69) is 42.9 Å². The van der Waals surface area contributed by atoms with Crippen LogP contribution in [0.3, 0.4) is 0 Å². The number of carbonyl (C=O) groups is 1. The molecule has 0 aromatic carbocycles. The van der Waals surface area contributed by atoms with Gasteiger partial charge in [0.15, 0.2) is 5.17 Å². The van der Waals surface area contributed by atoms with Crippen molar-refractivity contribution in [3.8, 4) is 0 Å². The van der Waals surface area contributed by atoms with Gasteiger partial charge in [0.25, 0.3) is 0 Å². The molecule has 8 heteroatoms. The Bertz CT molecular complexity index is 740. The fraction of sp³-hybridized carbons (Fsp3) is 0.611. The summed E-state index contributed by atoms with van der Waals surface area (Å²) < 4.78 is 2.09. The molecule has 0 bridgehead atoms. The molecule has 0 saturated carbocycles. The molecule has 0 aliphatic carbocycles. The van der Waals surface area contributed by atoms with Gasteiger partial charge in [-0.15, -0.1) is 0 Å². The van der Waals surface area contributed by atoms with Crippen molar-refractivity contribution in [2.75, 3.05) is 26.2 Å². The van der Waals surface area contributed by atoms with Gasteiger partial charge in [-0.3, -0.25) is 19.4 Å². The number of unbranched alkanes of at least 4 members (excludes halogenated alkanes) is 1. The fourth-order valence-electron chi connectivity index (χ4n) is 3.57. The van der Waals surface area contributed by atoms with Gasteiger partial charge >= 0.3 is 0 Å². The maximum Gasteiger partial charge on any atom is 0.226 e. The molecule has 4 heterocycles. The Hall–Kier alpha value is -1.80. The van der Waals surface area contributed by atoms with Crippen LogP contribution in [0.25, 0.3) is 0 Å². The van der Waals surface area contributed by atoms with Crippen molar-refractivity contribution in [2.24, 2.45) is 4.99 Å². The molecule has 4 rings (SSSR count). The number of nitrogens with zero attached hydrogens (tertiary/aromatic N) is 5. The molecule has 1 amide bonds. The predicted octanol–water partition coefficient (Wildman–Crippen LogP) is 1.76. The Morgan fingerprint density at radius 2 is 2.27 bits per heavy atom. The third kappa shape index (κ3) is 3.81. The first-order valence-corrected chi connectivity index (χ1v) is 10.3. The minimum Gasteiger partial charge on any atom is -0.350 e. The molecule has 140 valence electrons. The van der Waals surface area contributed by atoms with Gasteiger partial charge in [-0.25, -0.2) is 0 Å². The van der Waals surface area contributed by atoms with Crippen molar-refractivity contribution >= 4 is 22.8 Å². The standard InChI is InChI=1S/C18H26N6OS/c1-2-3-5-22-7-8-24-15(12-22)9-14(21-24)11-20-17(25)10-16-13-26-18-19-4-6-23(16)18/h9,13H,2-8,10-12H2,1H3,(H,20,25). The van der Waals surface area contributed by atoms with Crippen molar-refractivity contribution in [1.29, 1.82) is 0 Å². The van der Waals surface area contributed by atoms with Crippen LogP contribution in [0, 0.1) is 0 Å². The molecule has 0 atom stereocenters. The molecule has 3 aliphatic heterocycles. The summed E-state index contributed by atoms with van der Waals surface area (Å²) in [6.45, 7) is 8.56. The van der Waals surface area contributed by atoms with Crippen molar-refractivity contribution in [2.45, 2.75) is 45.8 Å². The zero-order valence-corrected chi connectivity index (χ0v) is 16.1. The first-order valence-electron chi connectivity index (χ1n) is 9.45. The average Bonchev–Trinajstić information content (AvgIpc) is 3.34. The van der Waals surface area contributed by atoms with E-state index in [4.69, 9.17) is 0 Å². The maximum atomic E-state index is 12.3. The maximum absolute atomic E-state index is 12.3. The number of carbonyl (C=O) groups excluding carboxylic acids is 1. The molecular formula is C18H26N6OS. The first-order chi connectivity index (χ1) is 12.7. The van der Waals surface area contributed by atoms with Crippen LogP contribution in [0.5, 0.6) is 0 Å². The Morgan fingerprint density at radius 1 is 1.35 bits per heavy atom. The lowest BCUT2D eigenvalue weighted by molar-refractivity contribution is -0.120. The number of fused-ring (bicyclic) bond motifs is 2. The Morgan fingerprint density at radius 3 is 3.15 bits per heavy atom. The smallest absolute Gasteiger partial charge is 0.226 e. The van der Waals surface area contributed by atoms with Gasteiger partial charge in [0.05, 0.1) is 37.4 Å². The quantitative estimate of drug-likeness (QED) is 0.788. The highest BCUT2D eigenvalue weighted by molar-refractivity contribution is 8.16. The zero-order valence-electron chi connectivity index (χ0n) is 15.3. The van der Waals surface area contributed by atoms with Crippen molar-refractivity contribution in [3.63, 3.8) is 0 Å². The van der Waals surface area contributed by atoms with Crippen LogP contribution in [-0.2, 0) is 24.4 Å². The lowest BCUT2D eigenvalue weighted by Crippen LogP contribution is -2.34. The number of amidine groups is 1. The number of aromatic nitrogens is 2. The second-order valence-corrected chi connectivity index (χ2v) is 7.81. The van der Waals surface area contributed by atoms with Crippen LogP contribution >= 0.6 is 11.8 Å². The molecule has 1 N–H and O–H groups in total. The van der Waals surface area contributed by atoms with Gasteiger partial charge < -0.3 is 10.2 Å². The first kappa shape index (κ1) is 17.6. The van der Waals surface area contributed by atoms with E-state index in [1.165, 1.54) is 18.5 Å². The van der Waals surface area contributed by atoms with Crippen molar-refractivity contribution < 1.29 is 4.79 Å². The van der Waals surface area contributed by atoms with E-state index in [-0.39, 0.29) is 5.91 Å². The molecular weight excluding hydrogens is 348 g/mol. The van der Waals surface area contributed by atoms with E-state index in [9.17, 15) is 4.79 Å². The van der Waals surface area contributed by atoms with Gasteiger partial charge in [0.1, 0.15) is 0 Å². The van der Waals surface area contributed by atoms with Crippen molar-refractivity contribution in [3.05, 3.63) is 28.6 Å². The second-order valence-electron chi connectivity index (χ2n) is 6.98. The zero-order chi connectivity index (χ0) is 17.9. The van der Waals surface area contributed by atoms with Crippen LogP contribution in [0.15, 0.2) is 22.2 Å². The van der Waals surface area contributed by atoms with E-state index >= 15 is 0 Å². The topological polar surface area (TPSA) is 65.8 Å². The second kappa shape index (κ2) is 7.84. The van der Waals surface area contributed by atoms with Crippen LogP contribution in [-0.4, -0.2) is 56.8 Å². The largest absolute Gasteiger partial charge is 0.350 e. The number of hydrogen-bond acceptors (Lipinski definition) is 6. The lowest BCUT2D eigenvalue weighted by atomic mass is 10.2. The number of aliphatic imine (C=N–C) groups is 1. The summed E-state index contributed by atoms with van der Waals surface area (Å²) >= 11 is 1.61. The van der Waals surface area contributed by atoms with Gasteiger partial charge in [0, 0.05) is 25.3 Å². The molecule has 26 heavy (non-hydrogen) atoms. The number of rotatable bonds is 7. The van der Waals surface area contributed by atoms with Gasteiger partial charge in [0.2, 0.25) is 5.91 Å². The van der Waals surface area contributed by atoms with E-state index in [0.29, 0.717) is 13.0 Å². The Kier molecular flexibility index (Phi) is 5.31. The number of amides is 1. The molecule has 1 aromatic heterocycles. The summed E-state index contributed by atoms with van der Waals surface area (Å²) in [6, 6.07) is 2.13. The Labute approximate surface area is 158 Å². The lowest BCUT2D eigenvalue weighted by Gasteiger charge is -2.27. The minimum atomic E-state index is 0.0422. The van der Waals surface area contributed by atoms with Gasteiger partial charge in [-0.1, -0.05) is 25.1 Å². The summed E-state index contributed by atoms with van der Waals surface area (Å²) in [4.78, 5) is 21.4. The van der Waals surface area contributed by atoms with E-state index in [0.717, 1.165) is 55.8 Å². The highest BCUT2D eigenvalue weighted by atomic mass is 32.2. The minimum absolute atomic E-state index is 0.0422. The Balaban J connectivity index is 1.27. The van der Waals surface area contributed by atoms with E-state index < -0.39 is 0 Å². The van der Waals surface area contributed by atoms with Gasteiger partial charge in [-0.05, 0) is 24.4 Å². The highest BCUT2D eigenvalue weighted by Gasteiger charge is 2.27. The SMILES string of the molecule is CCCCN1CCn2nc(CNC(=O)CC3=CSC4=NCCN34)cc2C1. The summed E-state index contributed by atoms with van der Waals surface area (Å²) in [6.07, 6.45) is 2.88. The molecule has 0 radical (unpaired) electrons. The van der Waals surface area contributed by atoms with Crippen LogP contribution < -0.4 is 5.32 Å². The molecule has 7 nitrogen and oxygen atoms in total. The summed E-state index contributed by atoms with van der Waals surface area (Å²) in [7, 11) is 0. The molecule has 3 aliphatic rings. The predicted molar refractivity (Wildman–Crippen MR) is 104 cm³/mol.